The Morgan fingerprint density at radius 3 is 2.78 bits per heavy atom. The average molecular weight is 438 g/mol. The van der Waals surface area contributed by atoms with Crippen molar-refractivity contribution in [3.63, 3.8) is 0 Å². The van der Waals surface area contributed by atoms with Gasteiger partial charge in [0.25, 0.3) is 0 Å². The Balaban J connectivity index is 1.70. The molecule has 2 saturated heterocycles. The lowest BCUT2D eigenvalue weighted by atomic mass is 9.94. The van der Waals surface area contributed by atoms with E-state index in [1.165, 1.54) is 0 Å². The Labute approximate surface area is 188 Å². The third-order valence-corrected chi connectivity index (χ3v) is 6.38. The van der Waals surface area contributed by atoms with E-state index in [0.717, 1.165) is 66.1 Å². The first-order valence-electron chi connectivity index (χ1n) is 11.5. The molecule has 3 aromatic heterocycles. The van der Waals surface area contributed by atoms with Crippen molar-refractivity contribution in [1.29, 1.82) is 0 Å². The van der Waals surface area contributed by atoms with E-state index in [2.05, 4.69) is 16.9 Å². The predicted molar refractivity (Wildman–Crippen MR) is 122 cm³/mol. The molecule has 0 aromatic carbocycles. The minimum absolute atomic E-state index is 0.0954. The first-order chi connectivity index (χ1) is 15.4. The van der Waals surface area contributed by atoms with E-state index in [9.17, 15) is 5.11 Å². The summed E-state index contributed by atoms with van der Waals surface area (Å²) in [5, 5.41) is 16.5. The first-order valence-corrected chi connectivity index (χ1v) is 11.5. The molecule has 0 saturated carbocycles. The third-order valence-electron chi connectivity index (χ3n) is 6.38. The summed E-state index contributed by atoms with van der Waals surface area (Å²) in [4.78, 5) is 12.1. The van der Waals surface area contributed by atoms with Crippen molar-refractivity contribution < 1.29 is 14.6 Å². The van der Waals surface area contributed by atoms with Crippen molar-refractivity contribution in [3.05, 3.63) is 36.2 Å². The average Bonchev–Trinajstić information content (AvgIpc) is 3.28. The number of nitrogens with zero attached hydrogens (tertiary/aromatic N) is 5. The van der Waals surface area contributed by atoms with Crippen molar-refractivity contribution in [2.45, 2.75) is 57.9 Å². The number of rotatable bonds is 4. The van der Waals surface area contributed by atoms with Gasteiger partial charge in [-0.3, -0.25) is 4.98 Å². The fourth-order valence-electron chi connectivity index (χ4n) is 4.69. The Hall–Kier alpha value is -2.55. The van der Waals surface area contributed by atoms with Gasteiger partial charge in [-0.15, -0.1) is 0 Å². The highest BCUT2D eigenvalue weighted by atomic mass is 16.5. The number of pyridine rings is 2. The molecule has 170 valence electrons. The van der Waals surface area contributed by atoms with E-state index in [1.54, 1.807) is 12.4 Å². The minimum atomic E-state index is -1.03. The number of aromatic nitrogens is 4. The topological polar surface area (TPSA) is 85.5 Å². The highest BCUT2D eigenvalue weighted by molar-refractivity contribution is 5.94. The molecule has 5 heterocycles. The van der Waals surface area contributed by atoms with Gasteiger partial charge in [0.15, 0.2) is 6.23 Å². The minimum Gasteiger partial charge on any atom is -0.386 e. The molecule has 0 radical (unpaired) electrons. The van der Waals surface area contributed by atoms with Crippen molar-refractivity contribution in [2.75, 3.05) is 31.3 Å². The molecule has 2 aliphatic rings. The maximum atomic E-state index is 11.0. The summed E-state index contributed by atoms with van der Waals surface area (Å²) in [6, 6.07) is 6.11. The highest BCUT2D eigenvalue weighted by Gasteiger charge is 2.28. The molecule has 3 aromatic rings. The smallest absolute Gasteiger partial charge is 0.150 e. The summed E-state index contributed by atoms with van der Waals surface area (Å²) < 4.78 is 13.6. The van der Waals surface area contributed by atoms with Crippen LogP contribution in [0.15, 0.2) is 30.6 Å². The van der Waals surface area contributed by atoms with Crippen LogP contribution in [-0.4, -0.2) is 57.3 Å². The van der Waals surface area contributed by atoms with Crippen LogP contribution >= 0.6 is 0 Å². The van der Waals surface area contributed by atoms with Gasteiger partial charge in [-0.1, -0.05) is 0 Å². The SMILES string of the molecule is CC1COCCN1c1cc(C(C)(C)O)c2ccnc(-c3ccnn3C3CCCCO3)c2n1. The number of hydrogen-bond donors (Lipinski definition) is 1. The molecule has 5 rings (SSSR count). The summed E-state index contributed by atoms with van der Waals surface area (Å²) in [5.74, 6) is 0.833. The summed E-state index contributed by atoms with van der Waals surface area (Å²) in [7, 11) is 0. The molecule has 0 bridgehead atoms. The molecule has 2 aliphatic heterocycles. The van der Waals surface area contributed by atoms with E-state index < -0.39 is 5.60 Å². The first kappa shape index (κ1) is 21.3. The van der Waals surface area contributed by atoms with Gasteiger partial charge in [-0.25, -0.2) is 9.67 Å². The van der Waals surface area contributed by atoms with Crippen LogP contribution < -0.4 is 4.90 Å². The summed E-state index contributed by atoms with van der Waals surface area (Å²) >= 11 is 0. The van der Waals surface area contributed by atoms with Crippen LogP contribution in [-0.2, 0) is 15.1 Å². The molecule has 0 amide bonds. The predicted octanol–water partition coefficient (Wildman–Crippen LogP) is 3.64. The molecule has 2 unspecified atom stereocenters. The van der Waals surface area contributed by atoms with Crippen molar-refractivity contribution >= 4 is 16.7 Å². The number of morpholine rings is 1. The van der Waals surface area contributed by atoms with Gasteiger partial charge in [0.05, 0.1) is 30.6 Å². The lowest BCUT2D eigenvalue weighted by molar-refractivity contribution is -0.0383. The zero-order valence-electron chi connectivity index (χ0n) is 19.0. The van der Waals surface area contributed by atoms with Gasteiger partial charge >= 0.3 is 0 Å². The molecule has 0 spiro atoms. The quantitative estimate of drug-likeness (QED) is 0.667. The van der Waals surface area contributed by atoms with E-state index in [0.29, 0.717) is 13.2 Å². The normalized spacial score (nSPS) is 22.4. The Kier molecular flexibility index (Phi) is 5.61. The molecule has 8 nitrogen and oxygen atoms in total. The van der Waals surface area contributed by atoms with Crippen LogP contribution in [0, 0.1) is 0 Å². The van der Waals surface area contributed by atoms with Gasteiger partial charge in [0, 0.05) is 30.9 Å². The molecule has 0 aliphatic carbocycles. The molecular weight excluding hydrogens is 406 g/mol. The summed E-state index contributed by atoms with van der Waals surface area (Å²) in [6.07, 6.45) is 6.60. The maximum absolute atomic E-state index is 11.0. The van der Waals surface area contributed by atoms with Crippen molar-refractivity contribution in [3.8, 4) is 11.4 Å². The van der Waals surface area contributed by atoms with Gasteiger partial charge in [-0.05, 0) is 63.8 Å². The van der Waals surface area contributed by atoms with Crippen LogP contribution in [0.2, 0.25) is 0 Å². The number of hydrogen-bond acceptors (Lipinski definition) is 7. The lowest BCUT2D eigenvalue weighted by Crippen LogP contribution is -2.44. The van der Waals surface area contributed by atoms with Gasteiger partial charge in [-0.2, -0.15) is 5.10 Å². The van der Waals surface area contributed by atoms with Crippen LogP contribution in [0.5, 0.6) is 0 Å². The van der Waals surface area contributed by atoms with E-state index >= 15 is 0 Å². The van der Waals surface area contributed by atoms with E-state index in [1.807, 2.05) is 36.7 Å². The number of anilines is 1. The summed E-state index contributed by atoms with van der Waals surface area (Å²) in [6.45, 7) is 8.58. The van der Waals surface area contributed by atoms with Crippen molar-refractivity contribution in [1.82, 2.24) is 19.7 Å². The maximum Gasteiger partial charge on any atom is 0.150 e. The molecule has 2 atom stereocenters. The molecule has 2 fully saturated rings. The highest BCUT2D eigenvalue weighted by Crippen LogP contribution is 2.36. The second kappa shape index (κ2) is 8.42. The zero-order valence-corrected chi connectivity index (χ0v) is 19.0. The third kappa shape index (κ3) is 3.87. The van der Waals surface area contributed by atoms with Crippen molar-refractivity contribution in [2.24, 2.45) is 0 Å². The second-order valence-electron chi connectivity index (χ2n) is 9.24. The largest absolute Gasteiger partial charge is 0.386 e. The molecular formula is C24H31N5O3. The van der Waals surface area contributed by atoms with E-state index in [4.69, 9.17) is 19.4 Å². The monoisotopic (exact) mass is 437 g/mol. The van der Waals surface area contributed by atoms with Gasteiger partial charge in [0.2, 0.25) is 0 Å². The standard InChI is InChI=1S/C24H31N5O3/c1-16-15-31-13-11-28(16)20-14-18(24(2,3)30)17-7-9-25-23(22(17)27-20)19-8-10-26-29(19)21-6-4-5-12-32-21/h7-10,14,16,21,30H,4-6,11-13,15H2,1-3H3. The molecule has 8 heteroatoms. The second-order valence-corrected chi connectivity index (χ2v) is 9.24. The Morgan fingerprint density at radius 1 is 1.16 bits per heavy atom. The van der Waals surface area contributed by atoms with Crippen LogP contribution in [0.4, 0.5) is 5.82 Å². The van der Waals surface area contributed by atoms with E-state index in [-0.39, 0.29) is 12.3 Å². The number of aliphatic hydroxyl groups is 1. The molecule has 1 N–H and O–H groups in total. The Morgan fingerprint density at radius 2 is 2.03 bits per heavy atom. The van der Waals surface area contributed by atoms with Crippen LogP contribution in [0.25, 0.3) is 22.3 Å². The van der Waals surface area contributed by atoms with Gasteiger partial charge < -0.3 is 19.5 Å². The summed E-state index contributed by atoms with van der Waals surface area (Å²) in [5.41, 5.74) is 2.20. The lowest BCUT2D eigenvalue weighted by Gasteiger charge is -2.35. The molecule has 32 heavy (non-hydrogen) atoms. The fourth-order valence-corrected chi connectivity index (χ4v) is 4.69. The van der Waals surface area contributed by atoms with Gasteiger partial charge in [0.1, 0.15) is 17.0 Å². The van der Waals surface area contributed by atoms with Crippen LogP contribution in [0.3, 0.4) is 0 Å². The zero-order chi connectivity index (χ0) is 22.3. The number of ether oxygens (including phenoxy) is 2. The van der Waals surface area contributed by atoms with Crippen LogP contribution in [0.1, 0.15) is 51.8 Å². The fraction of sp³-hybridized carbons (Fsp3) is 0.542. The number of fused-ring (bicyclic) bond motifs is 1. The Bertz CT molecular complexity index is 1100.